The number of aromatic nitrogens is 4. The number of anilines is 1. The van der Waals surface area contributed by atoms with Crippen LogP contribution in [0.25, 0.3) is 44.8 Å². The Morgan fingerprint density at radius 3 is 1.42 bits per heavy atom. The molecule has 2 unspecified atom stereocenters. The number of fused-ring (bicyclic) bond motifs is 2. The van der Waals surface area contributed by atoms with Crippen LogP contribution in [0.5, 0.6) is 11.5 Å². The van der Waals surface area contributed by atoms with Crippen LogP contribution in [-0.4, -0.2) is 132 Å². The van der Waals surface area contributed by atoms with Gasteiger partial charge in [-0.25, -0.2) is 18.7 Å². The van der Waals surface area contributed by atoms with Crippen LogP contribution in [0.3, 0.4) is 0 Å². The van der Waals surface area contributed by atoms with Gasteiger partial charge in [-0.05, 0) is 146 Å². The summed E-state index contributed by atoms with van der Waals surface area (Å²) in [5, 5.41) is 78.2. The Morgan fingerprint density at radius 2 is 1.03 bits per heavy atom. The number of ether oxygens (including phenoxy) is 2. The fourth-order valence-electron chi connectivity index (χ4n) is 12.2. The number of aromatic carboxylic acids is 1. The van der Waals surface area contributed by atoms with Crippen molar-refractivity contribution in [1.82, 2.24) is 24.1 Å². The zero-order chi connectivity index (χ0) is 86.1. The van der Waals surface area contributed by atoms with Crippen molar-refractivity contribution in [2.75, 3.05) is 70.6 Å². The summed E-state index contributed by atoms with van der Waals surface area (Å²) in [4.78, 5) is 57.1. The number of hydrogen-bond acceptors (Lipinski definition) is 23. The molecule has 1 aliphatic carbocycles. The van der Waals surface area contributed by atoms with E-state index in [1.165, 1.54) is 74.6 Å². The Kier molecular flexibility index (Phi) is 39.8. The maximum atomic E-state index is 12.6. The number of nitrogens with zero attached hydrogens (tertiary/aromatic N) is 10. The Labute approximate surface area is 699 Å². The molecular formula is C82H107CrN14O19S2+. The van der Waals surface area contributed by atoms with E-state index in [0.29, 0.717) is 41.2 Å². The SMILES string of the molecule is CCCCC(CC)COCCCN.CCCCC(CC)COCCCN.CCN(CC)c1ccc2c(-c3ccccc3C(=O)O)c3ccc(=[N+](CC)CC)cc-3oc2c1.Cc1[nH]n(-c2ccccc2)c(=O)c1N=Nc1cc([N+](=O)[O-])cc(S(=O)(=O)O)c1[O-].Cc1[nH]n(-c2ccccc2)c(=O)c1N=Nc1cc([N+](=O)[O-])cc(S(=O)(=O)O)c1[O-].[Cr].[H+].[H+]. The normalized spacial score (nSPS) is 11.8. The molecule has 0 amide bonds. The van der Waals surface area contributed by atoms with Crippen molar-refractivity contribution in [2.24, 2.45) is 43.8 Å². The van der Waals surface area contributed by atoms with E-state index in [1.54, 1.807) is 72.8 Å². The summed E-state index contributed by atoms with van der Waals surface area (Å²) in [6, 6.07) is 38.8. The van der Waals surface area contributed by atoms with Gasteiger partial charge in [0.1, 0.15) is 24.4 Å². The van der Waals surface area contributed by atoms with Gasteiger partial charge in [0.25, 0.3) is 42.7 Å². The topological polar surface area (TPSA) is 493 Å². The molecule has 0 bridgehead atoms. The number of carbonyl (C=O) groups is 1. The molecule has 10 rings (SSSR count). The minimum absolute atomic E-state index is 0. The van der Waals surface area contributed by atoms with E-state index in [0.717, 1.165) is 129 Å². The number of non-ortho nitro benzene ring substituents is 2. The maximum Gasteiger partial charge on any atom is 1.00 e. The number of nitrogens with two attached hydrogens (primary N) is 2. The Hall–Kier alpha value is -10.9. The summed E-state index contributed by atoms with van der Waals surface area (Å²) in [7, 11) is -10.1. The van der Waals surface area contributed by atoms with E-state index >= 15 is 0 Å². The van der Waals surface area contributed by atoms with Gasteiger partial charge in [0.05, 0.1) is 65.4 Å². The number of aryl methyl sites for hydroxylation is 2. The third-order valence-corrected chi connectivity index (χ3v) is 20.5. The quantitative estimate of drug-likeness (QED) is 0.00369. The summed E-state index contributed by atoms with van der Waals surface area (Å²) in [5.41, 5.74) is 12.3. The molecule has 0 fully saturated rings. The Bertz CT molecular complexity index is 5200. The van der Waals surface area contributed by atoms with Crippen LogP contribution in [0.4, 0.5) is 39.8 Å². The van der Waals surface area contributed by atoms with Gasteiger partial charge in [-0.1, -0.05) is 132 Å². The largest absolute Gasteiger partial charge is 1.00 e. The van der Waals surface area contributed by atoms with E-state index in [2.05, 4.69) is 132 Å². The number of hydrogen-bond donors (Lipinski definition) is 7. The number of nitro groups is 2. The number of aromatic amines is 2. The molecule has 2 aromatic heterocycles. The number of nitrogens with one attached hydrogen (secondary N) is 2. The molecule has 118 heavy (non-hydrogen) atoms. The van der Waals surface area contributed by atoms with E-state index in [9.17, 15) is 66.8 Å². The molecule has 636 valence electrons. The first-order valence-corrected chi connectivity index (χ1v) is 41.5. The second kappa shape index (κ2) is 48.1. The van der Waals surface area contributed by atoms with E-state index < -0.39 is 91.2 Å². The van der Waals surface area contributed by atoms with Crippen LogP contribution >= 0.6 is 0 Å². The molecule has 8 aromatic rings. The van der Waals surface area contributed by atoms with Crippen LogP contribution in [0.2, 0.25) is 0 Å². The van der Waals surface area contributed by atoms with Crippen molar-refractivity contribution in [3.63, 3.8) is 0 Å². The first-order chi connectivity index (χ1) is 55.9. The summed E-state index contributed by atoms with van der Waals surface area (Å²) in [6.45, 7) is 29.1. The molecule has 0 radical (unpaired) electrons. The number of azo groups is 2. The molecule has 1 aliphatic heterocycles. The number of para-hydroxylation sites is 2. The molecule has 33 nitrogen and oxygen atoms in total. The predicted octanol–water partition coefficient (Wildman–Crippen LogP) is 15.2. The average molecular weight is 1710 g/mol. The molecule has 2 aliphatic rings. The maximum absolute atomic E-state index is 12.6. The van der Waals surface area contributed by atoms with E-state index in [4.69, 9.17) is 34.5 Å². The predicted molar refractivity (Wildman–Crippen MR) is 448 cm³/mol. The van der Waals surface area contributed by atoms with Gasteiger partial charge in [0.2, 0.25) is 5.36 Å². The van der Waals surface area contributed by atoms with Crippen molar-refractivity contribution in [3.8, 4) is 45.3 Å². The molecule has 3 heterocycles. The van der Waals surface area contributed by atoms with Gasteiger partial charge in [0, 0.05) is 115 Å². The fraction of sp³-hybridized carbons (Fsp3) is 0.390. The number of carboxylic acid groups (broad SMARTS) is 1. The summed E-state index contributed by atoms with van der Waals surface area (Å²) in [5.74, 6) is -1.25. The van der Waals surface area contributed by atoms with Crippen molar-refractivity contribution < 1.29 is 90.0 Å². The molecule has 0 saturated carbocycles. The first-order valence-electron chi connectivity index (χ1n) is 38.6. The number of carboxylic acids is 1. The van der Waals surface area contributed by atoms with Crippen LogP contribution in [0, 0.1) is 45.9 Å². The van der Waals surface area contributed by atoms with Gasteiger partial charge in [-0.15, -0.1) is 10.2 Å². The van der Waals surface area contributed by atoms with Crippen LogP contribution in [-0.2, 0) is 47.1 Å². The van der Waals surface area contributed by atoms with Gasteiger partial charge >= 0.3 is 8.82 Å². The smallest absolute Gasteiger partial charge is 0.870 e. The number of benzene rings is 7. The van der Waals surface area contributed by atoms with Gasteiger partial charge < -0.3 is 45.6 Å². The molecule has 2 atom stereocenters. The number of H-pyrrole nitrogens is 2. The van der Waals surface area contributed by atoms with Crippen molar-refractivity contribution >= 4 is 77.0 Å². The van der Waals surface area contributed by atoms with Crippen molar-refractivity contribution in [2.45, 2.75) is 143 Å². The monoisotopic (exact) mass is 1710 g/mol. The minimum Gasteiger partial charge on any atom is -0.870 e. The van der Waals surface area contributed by atoms with Gasteiger partial charge in [-0.3, -0.25) is 49.1 Å². The molecular weight excluding hydrogens is 1600 g/mol. The zero-order valence-electron chi connectivity index (χ0n) is 69.9. The number of unbranched alkanes of at least 4 members (excludes halogenated alkanes) is 2. The second-order valence-corrected chi connectivity index (χ2v) is 29.7. The summed E-state index contributed by atoms with van der Waals surface area (Å²) >= 11 is 0. The molecule has 0 saturated heterocycles. The van der Waals surface area contributed by atoms with E-state index in [-0.39, 0.29) is 48.5 Å². The average Bonchev–Trinajstić information content (AvgIpc) is 0.934. The number of rotatable bonds is 35. The van der Waals surface area contributed by atoms with Crippen LogP contribution < -0.4 is 47.6 Å². The Balaban J connectivity index is 0.000000402. The number of nitro benzene ring substituents is 2. The fourth-order valence-corrected chi connectivity index (χ4v) is 13.4. The van der Waals surface area contributed by atoms with E-state index in [1.807, 2.05) is 12.1 Å². The van der Waals surface area contributed by atoms with Gasteiger partial charge in [0.15, 0.2) is 11.4 Å². The van der Waals surface area contributed by atoms with Crippen LogP contribution in [0.1, 0.15) is 144 Å². The van der Waals surface area contributed by atoms with Crippen LogP contribution in [0.15, 0.2) is 190 Å². The Morgan fingerprint density at radius 1 is 0.593 bits per heavy atom. The second-order valence-electron chi connectivity index (χ2n) is 26.9. The first kappa shape index (κ1) is 97.7. The summed E-state index contributed by atoms with van der Waals surface area (Å²) in [6.07, 6.45) is 12.3. The molecule has 36 heteroatoms. The third-order valence-electron chi connectivity index (χ3n) is 18.8. The zero-order valence-corrected chi connectivity index (χ0v) is 70.8. The van der Waals surface area contributed by atoms with Gasteiger partial charge in [-0.2, -0.15) is 27.1 Å². The van der Waals surface area contributed by atoms with Crippen molar-refractivity contribution in [1.29, 1.82) is 0 Å². The molecule has 9 N–H and O–H groups in total. The molecule has 6 aromatic carbocycles. The van der Waals surface area contributed by atoms with Crippen molar-refractivity contribution in [3.05, 3.63) is 209 Å². The summed E-state index contributed by atoms with van der Waals surface area (Å²) < 4.78 is 85.7. The standard InChI is InChI=1S/C28H30N2O3.2C16H13N5O7S.2C11H25NO.Cr/c1-5-29(6-2)19-13-15-23-25(17-19)33-26-18-20(30(7-3)8-4)14-16-24(26)27(23)21-11-9-10-12-22(21)28(31)32;2*1-9-14(16(23)20(19-9)10-5-3-2-4-6-10)18-17-12-7-11(21(24)25)8-13(15(12)22)29(26,27)28;2*1-3-5-7-11(4-2)10-13-9-6-8-12;/h9-18H,5-8H2,1-4H3;2*2-8,19,22H,1H3,(H,26,27,28);2*11H,3-10,12H2,1-2H3;/p+1. The third kappa shape index (κ3) is 27.3. The minimum atomic E-state index is -5.03. The molecule has 0 spiro atoms.